The van der Waals surface area contributed by atoms with Crippen molar-refractivity contribution in [1.82, 2.24) is 0 Å². The van der Waals surface area contributed by atoms with Crippen LogP contribution in [-0.2, 0) is 38.7 Å². The molecule has 0 bridgehead atoms. The van der Waals surface area contributed by atoms with E-state index in [4.69, 9.17) is 18.9 Å². The second-order valence-corrected chi connectivity index (χ2v) is 18.3. The van der Waals surface area contributed by atoms with E-state index in [-0.39, 0.29) is 19.4 Å². The highest BCUT2D eigenvalue weighted by Gasteiger charge is 2.46. The first-order chi connectivity index (χ1) is 28.0. The first-order valence-electron chi connectivity index (χ1n) is 23.6. The number of aliphatic hydroxyl groups is 3. The lowest BCUT2D eigenvalue weighted by atomic mass is 10.00. The van der Waals surface area contributed by atoms with Crippen molar-refractivity contribution in [2.75, 3.05) is 19.0 Å². The zero-order valence-electron chi connectivity index (χ0n) is 36.7. The quantitative estimate of drug-likeness (QED) is 0.0260. The van der Waals surface area contributed by atoms with Crippen LogP contribution in [0.15, 0.2) is 0 Å². The first kappa shape index (κ1) is 54.7. The maximum atomic E-state index is 12.8. The summed E-state index contributed by atoms with van der Waals surface area (Å²) < 4.78 is 54.1. The molecule has 0 aromatic carbocycles. The van der Waals surface area contributed by atoms with Gasteiger partial charge in [0.15, 0.2) is 12.4 Å². The number of hydrogen-bond acceptors (Lipinski definition) is 11. The minimum atomic E-state index is -4.60. The Morgan fingerprint density at radius 1 is 0.517 bits per heavy atom. The Morgan fingerprint density at radius 2 is 0.879 bits per heavy atom. The number of carbonyl (C=O) groups excluding carboxylic acids is 2. The van der Waals surface area contributed by atoms with Crippen LogP contribution >= 0.6 is 0 Å². The maximum Gasteiger partial charge on any atom is 0.306 e. The average molecular weight is 851 g/mol. The highest BCUT2D eigenvalue weighted by Crippen LogP contribution is 2.24. The molecule has 0 spiro atoms. The molecule has 58 heavy (non-hydrogen) atoms. The molecule has 0 radical (unpaired) electrons. The van der Waals surface area contributed by atoms with Crippen molar-refractivity contribution < 1.29 is 56.8 Å². The van der Waals surface area contributed by atoms with E-state index in [2.05, 4.69) is 13.8 Å². The number of rotatable bonds is 40. The van der Waals surface area contributed by atoms with Crippen molar-refractivity contribution in [3.8, 4) is 0 Å². The van der Waals surface area contributed by atoms with Gasteiger partial charge in [0.2, 0.25) is 0 Å². The van der Waals surface area contributed by atoms with E-state index >= 15 is 0 Å². The molecule has 1 fully saturated rings. The fourth-order valence-electron chi connectivity index (χ4n) is 7.50. The van der Waals surface area contributed by atoms with Gasteiger partial charge < -0.3 is 34.3 Å². The monoisotopic (exact) mass is 851 g/mol. The zero-order valence-corrected chi connectivity index (χ0v) is 37.5. The fourth-order valence-corrected chi connectivity index (χ4v) is 8.19. The zero-order chi connectivity index (χ0) is 42.7. The van der Waals surface area contributed by atoms with Crippen LogP contribution in [0.4, 0.5) is 0 Å². The van der Waals surface area contributed by atoms with Crippen molar-refractivity contribution in [3.63, 3.8) is 0 Å². The van der Waals surface area contributed by atoms with Crippen LogP contribution in [0.2, 0.25) is 0 Å². The Hall–Kier alpha value is -1.35. The molecule has 6 unspecified atom stereocenters. The average Bonchev–Trinajstić information content (AvgIpc) is 3.18. The normalized spacial score (nSPS) is 20.3. The van der Waals surface area contributed by atoms with E-state index in [0.29, 0.717) is 12.8 Å². The van der Waals surface area contributed by atoms with Crippen molar-refractivity contribution in [3.05, 3.63) is 0 Å². The summed E-state index contributed by atoms with van der Waals surface area (Å²) in [6.45, 7) is 3.78. The van der Waals surface area contributed by atoms with Gasteiger partial charge in [-0.15, -0.1) is 0 Å². The molecule has 13 heteroatoms. The highest BCUT2D eigenvalue weighted by molar-refractivity contribution is 7.85. The standard InChI is InChI=1S/C45H86O12S/c1-3-5-7-9-11-13-15-17-18-19-20-21-22-24-26-28-30-32-34-41(47)56-38(36-55-45-44(50)43(49)42(48)39(57-45)37-58(51,52)53)35-54-40(46)33-31-29-27-25-23-16-14-12-10-8-6-4-2/h38-39,42-45,48-50H,3-37H2,1-2H3,(H,51,52,53). The van der Waals surface area contributed by atoms with Crippen LogP contribution < -0.4 is 0 Å². The van der Waals surface area contributed by atoms with E-state index in [1.165, 1.54) is 141 Å². The minimum Gasteiger partial charge on any atom is -0.462 e. The molecule has 0 aromatic rings. The number of hydrogen-bond donors (Lipinski definition) is 4. The lowest BCUT2D eigenvalue weighted by molar-refractivity contribution is -0.297. The smallest absolute Gasteiger partial charge is 0.306 e. The second-order valence-electron chi connectivity index (χ2n) is 16.8. The molecule has 0 saturated carbocycles. The summed E-state index contributed by atoms with van der Waals surface area (Å²) in [5.41, 5.74) is 0. The van der Waals surface area contributed by atoms with Gasteiger partial charge in [-0.3, -0.25) is 14.1 Å². The molecule has 1 aliphatic rings. The van der Waals surface area contributed by atoms with Crippen molar-refractivity contribution in [1.29, 1.82) is 0 Å². The summed E-state index contributed by atoms with van der Waals surface area (Å²) in [6, 6.07) is 0. The molecular formula is C45H86O12S. The topological polar surface area (TPSA) is 186 Å². The van der Waals surface area contributed by atoms with E-state index in [1.807, 2.05) is 0 Å². The predicted octanol–water partition coefficient (Wildman–Crippen LogP) is 9.68. The van der Waals surface area contributed by atoms with Crippen LogP contribution in [0.25, 0.3) is 0 Å². The Balaban J connectivity index is 2.40. The van der Waals surface area contributed by atoms with Gasteiger partial charge in [0, 0.05) is 12.8 Å². The largest absolute Gasteiger partial charge is 0.462 e. The number of ether oxygens (including phenoxy) is 4. The summed E-state index contributed by atoms with van der Waals surface area (Å²) in [6.07, 6.45) is 27.2. The molecular weight excluding hydrogens is 765 g/mol. The molecule has 0 amide bonds. The summed E-state index contributed by atoms with van der Waals surface area (Å²) >= 11 is 0. The van der Waals surface area contributed by atoms with Crippen molar-refractivity contribution in [2.45, 2.75) is 256 Å². The first-order valence-corrected chi connectivity index (χ1v) is 25.2. The van der Waals surface area contributed by atoms with E-state index in [9.17, 15) is 37.9 Å². The summed E-state index contributed by atoms with van der Waals surface area (Å²) in [4.78, 5) is 25.4. The van der Waals surface area contributed by atoms with Crippen LogP contribution in [0.5, 0.6) is 0 Å². The van der Waals surface area contributed by atoms with Gasteiger partial charge in [0.25, 0.3) is 10.1 Å². The third kappa shape index (κ3) is 30.6. The maximum absolute atomic E-state index is 12.8. The summed E-state index contributed by atoms with van der Waals surface area (Å²) in [5.74, 6) is -1.96. The Labute approximate surface area is 353 Å². The fraction of sp³-hybridized carbons (Fsp3) is 0.956. The van der Waals surface area contributed by atoms with Gasteiger partial charge in [-0.25, -0.2) is 0 Å². The van der Waals surface area contributed by atoms with Gasteiger partial charge in [0.1, 0.15) is 36.8 Å². The molecule has 0 aliphatic carbocycles. The molecule has 1 heterocycles. The highest BCUT2D eigenvalue weighted by atomic mass is 32.2. The number of aliphatic hydroxyl groups excluding tert-OH is 3. The van der Waals surface area contributed by atoms with Crippen LogP contribution in [-0.4, -0.2) is 96.0 Å². The molecule has 0 aromatic heterocycles. The number of unbranched alkanes of at least 4 members (excludes halogenated alkanes) is 28. The lowest BCUT2D eigenvalue weighted by Gasteiger charge is -2.40. The SMILES string of the molecule is CCCCCCCCCCCCCCCCCCCCC(=O)OC(COC(=O)CCCCCCCCCCCCCC)COC1OC(CS(=O)(=O)O)C(O)C(O)C1O. The Kier molecular flexibility index (Phi) is 34.2. The number of esters is 2. The summed E-state index contributed by atoms with van der Waals surface area (Å²) in [7, 11) is -4.60. The molecule has 1 saturated heterocycles. The van der Waals surface area contributed by atoms with Gasteiger partial charge in [0.05, 0.1) is 6.61 Å². The van der Waals surface area contributed by atoms with E-state index < -0.39 is 71.2 Å². The van der Waals surface area contributed by atoms with E-state index in [0.717, 1.165) is 38.5 Å². The van der Waals surface area contributed by atoms with Crippen molar-refractivity contribution >= 4 is 22.1 Å². The van der Waals surface area contributed by atoms with Crippen molar-refractivity contribution in [2.24, 2.45) is 0 Å². The van der Waals surface area contributed by atoms with Gasteiger partial charge in [-0.05, 0) is 12.8 Å². The molecule has 1 aliphatic heterocycles. The molecule has 344 valence electrons. The number of carbonyl (C=O) groups is 2. The van der Waals surface area contributed by atoms with Gasteiger partial charge >= 0.3 is 11.9 Å². The molecule has 1 rings (SSSR count). The molecule has 4 N–H and O–H groups in total. The predicted molar refractivity (Wildman–Crippen MR) is 229 cm³/mol. The summed E-state index contributed by atoms with van der Waals surface area (Å²) in [5, 5.41) is 30.9. The third-order valence-electron chi connectivity index (χ3n) is 11.2. The minimum absolute atomic E-state index is 0.173. The second kappa shape index (κ2) is 36.3. The molecule has 6 atom stereocenters. The lowest BCUT2D eigenvalue weighted by Crippen LogP contribution is -2.60. The Morgan fingerprint density at radius 3 is 1.26 bits per heavy atom. The molecule has 12 nitrogen and oxygen atoms in total. The van der Waals surface area contributed by atoms with E-state index in [1.54, 1.807) is 0 Å². The van der Waals surface area contributed by atoms with Crippen LogP contribution in [0.3, 0.4) is 0 Å². The van der Waals surface area contributed by atoms with Gasteiger partial charge in [-0.2, -0.15) is 8.42 Å². The Bertz CT molecular complexity index is 1090. The van der Waals surface area contributed by atoms with Crippen LogP contribution in [0, 0.1) is 0 Å². The van der Waals surface area contributed by atoms with Gasteiger partial charge in [-0.1, -0.05) is 194 Å². The third-order valence-corrected chi connectivity index (χ3v) is 11.9. The van der Waals surface area contributed by atoms with Crippen LogP contribution in [0.1, 0.15) is 219 Å².